The molecule has 0 saturated heterocycles. The number of nitrogens with zero attached hydrogens (tertiary/aromatic N) is 1. The second-order valence-electron chi connectivity index (χ2n) is 8.82. The van der Waals surface area contributed by atoms with Crippen molar-refractivity contribution in [3.05, 3.63) is 106 Å². The van der Waals surface area contributed by atoms with Crippen LogP contribution in [0.4, 0.5) is 0 Å². The number of benzene rings is 3. The van der Waals surface area contributed by atoms with E-state index in [0.29, 0.717) is 24.5 Å². The molecule has 4 nitrogen and oxygen atoms in total. The van der Waals surface area contributed by atoms with Crippen LogP contribution in [0.15, 0.2) is 72.8 Å². The van der Waals surface area contributed by atoms with Gasteiger partial charge in [0.05, 0.1) is 6.42 Å². The second kappa shape index (κ2) is 12.4. The monoisotopic (exact) mass is 476 g/mol. The molecule has 0 aliphatic carbocycles. The Bertz CT molecular complexity index is 1090. The summed E-state index contributed by atoms with van der Waals surface area (Å²) in [6, 6.07) is 22.8. The van der Waals surface area contributed by atoms with E-state index in [1.165, 1.54) is 0 Å². The Morgan fingerprint density at radius 1 is 0.882 bits per heavy atom. The zero-order valence-corrected chi connectivity index (χ0v) is 20.9. The number of rotatable bonds is 10. The fraction of sp³-hybridized carbons (Fsp3) is 0.310. The van der Waals surface area contributed by atoms with Crippen molar-refractivity contribution >= 4 is 23.4 Å². The van der Waals surface area contributed by atoms with Gasteiger partial charge in [0, 0.05) is 24.5 Å². The zero-order chi connectivity index (χ0) is 24.5. The zero-order valence-electron chi connectivity index (χ0n) is 20.2. The SMILES string of the molecule is CCCNC(=O)[C@H](Cc1ccccc1)N(Cc1cccc(Cl)c1)C(=O)Cc1cc(C)cc(C)c1. The molecule has 0 aliphatic heterocycles. The Kier molecular flexibility index (Phi) is 9.29. The van der Waals surface area contributed by atoms with Gasteiger partial charge in [-0.2, -0.15) is 0 Å². The third-order valence-electron chi connectivity index (χ3n) is 5.70. The highest BCUT2D eigenvalue weighted by Crippen LogP contribution is 2.19. The van der Waals surface area contributed by atoms with Crippen LogP contribution in [0.1, 0.15) is 41.2 Å². The maximum absolute atomic E-state index is 13.7. The Balaban J connectivity index is 1.97. The van der Waals surface area contributed by atoms with Crippen molar-refractivity contribution in [1.29, 1.82) is 0 Å². The molecule has 0 aliphatic rings. The second-order valence-corrected chi connectivity index (χ2v) is 9.26. The van der Waals surface area contributed by atoms with Crippen LogP contribution in [0, 0.1) is 13.8 Å². The molecular formula is C29H33ClN2O2. The van der Waals surface area contributed by atoms with Crippen LogP contribution in [0.5, 0.6) is 0 Å². The lowest BCUT2D eigenvalue weighted by atomic mass is 10.0. The molecule has 0 bridgehead atoms. The Hall–Kier alpha value is -3.11. The van der Waals surface area contributed by atoms with E-state index in [0.717, 1.165) is 34.2 Å². The standard InChI is InChI=1S/C29H33ClN2O2/c1-4-13-31-29(34)27(18-23-9-6-5-7-10-23)32(20-24-11-8-12-26(30)17-24)28(33)19-25-15-21(2)14-22(3)16-25/h5-12,14-17,27H,4,13,18-20H2,1-3H3,(H,31,34)/t27-/m0/s1. The van der Waals surface area contributed by atoms with Crippen LogP contribution in [0.2, 0.25) is 5.02 Å². The number of nitrogens with one attached hydrogen (secondary N) is 1. The van der Waals surface area contributed by atoms with Gasteiger partial charge < -0.3 is 10.2 Å². The van der Waals surface area contributed by atoms with E-state index in [-0.39, 0.29) is 18.2 Å². The number of hydrogen-bond donors (Lipinski definition) is 1. The molecule has 178 valence electrons. The van der Waals surface area contributed by atoms with Crippen molar-refractivity contribution in [3.63, 3.8) is 0 Å². The Morgan fingerprint density at radius 3 is 2.21 bits per heavy atom. The average Bonchev–Trinajstić information content (AvgIpc) is 2.79. The van der Waals surface area contributed by atoms with Crippen LogP contribution in [0.3, 0.4) is 0 Å². The first-order valence-electron chi connectivity index (χ1n) is 11.8. The average molecular weight is 477 g/mol. The summed E-state index contributed by atoms with van der Waals surface area (Å²) >= 11 is 6.23. The molecule has 2 amide bonds. The van der Waals surface area contributed by atoms with Crippen LogP contribution in [0.25, 0.3) is 0 Å². The number of amides is 2. The number of carbonyl (C=O) groups is 2. The van der Waals surface area contributed by atoms with Crippen LogP contribution in [-0.2, 0) is 29.0 Å². The highest BCUT2D eigenvalue weighted by atomic mass is 35.5. The predicted octanol–water partition coefficient (Wildman–Crippen LogP) is 5.67. The molecule has 0 heterocycles. The summed E-state index contributed by atoms with van der Waals surface area (Å²) in [5, 5.41) is 3.61. The lowest BCUT2D eigenvalue weighted by Crippen LogP contribution is -2.51. The fourth-order valence-electron chi connectivity index (χ4n) is 4.20. The molecular weight excluding hydrogens is 444 g/mol. The molecule has 34 heavy (non-hydrogen) atoms. The van der Waals surface area contributed by atoms with Crippen LogP contribution < -0.4 is 5.32 Å². The molecule has 5 heteroatoms. The van der Waals surface area contributed by atoms with E-state index in [4.69, 9.17) is 11.6 Å². The van der Waals surface area contributed by atoms with Crippen molar-refractivity contribution in [3.8, 4) is 0 Å². The molecule has 0 saturated carbocycles. The van der Waals surface area contributed by atoms with E-state index in [9.17, 15) is 9.59 Å². The number of halogens is 1. The third-order valence-corrected chi connectivity index (χ3v) is 5.93. The smallest absolute Gasteiger partial charge is 0.243 e. The maximum Gasteiger partial charge on any atom is 0.243 e. The Morgan fingerprint density at radius 2 is 1.56 bits per heavy atom. The number of carbonyl (C=O) groups excluding carboxylic acids is 2. The summed E-state index contributed by atoms with van der Waals surface area (Å²) < 4.78 is 0. The lowest BCUT2D eigenvalue weighted by molar-refractivity contribution is -0.140. The minimum atomic E-state index is -0.633. The number of aryl methyl sites for hydroxylation is 2. The molecule has 3 rings (SSSR count). The minimum absolute atomic E-state index is 0.0856. The topological polar surface area (TPSA) is 49.4 Å². The van der Waals surface area contributed by atoms with E-state index in [1.807, 2.05) is 87.5 Å². The first-order valence-corrected chi connectivity index (χ1v) is 12.2. The molecule has 0 unspecified atom stereocenters. The quantitative estimate of drug-likeness (QED) is 0.410. The van der Waals surface area contributed by atoms with Gasteiger partial charge in [0.15, 0.2) is 0 Å². The van der Waals surface area contributed by atoms with Crippen LogP contribution >= 0.6 is 11.6 Å². The van der Waals surface area contributed by atoms with Gasteiger partial charge in [0.1, 0.15) is 6.04 Å². The third kappa shape index (κ3) is 7.46. The van der Waals surface area contributed by atoms with E-state index in [2.05, 4.69) is 11.4 Å². The minimum Gasteiger partial charge on any atom is -0.354 e. The van der Waals surface area contributed by atoms with Gasteiger partial charge in [0.2, 0.25) is 11.8 Å². The van der Waals surface area contributed by atoms with Crippen LogP contribution in [-0.4, -0.2) is 29.3 Å². The predicted molar refractivity (Wildman–Crippen MR) is 139 cm³/mol. The van der Waals surface area contributed by atoms with Crippen molar-refractivity contribution in [2.75, 3.05) is 6.54 Å². The van der Waals surface area contributed by atoms with E-state index in [1.54, 1.807) is 4.90 Å². The van der Waals surface area contributed by atoms with Gasteiger partial charge in [-0.15, -0.1) is 0 Å². The first-order chi connectivity index (χ1) is 16.4. The van der Waals surface area contributed by atoms with Gasteiger partial charge in [-0.1, -0.05) is 90.3 Å². The van der Waals surface area contributed by atoms with Gasteiger partial charge in [-0.05, 0) is 49.1 Å². The summed E-state index contributed by atoms with van der Waals surface area (Å²) in [6.07, 6.45) is 1.50. The normalized spacial score (nSPS) is 11.6. The van der Waals surface area contributed by atoms with Gasteiger partial charge in [0.25, 0.3) is 0 Å². The largest absolute Gasteiger partial charge is 0.354 e. The lowest BCUT2D eigenvalue weighted by Gasteiger charge is -2.32. The molecule has 1 atom stereocenters. The highest BCUT2D eigenvalue weighted by molar-refractivity contribution is 6.30. The Labute approximate surface area is 207 Å². The molecule has 0 spiro atoms. The first kappa shape index (κ1) is 25.5. The summed E-state index contributed by atoms with van der Waals surface area (Å²) in [4.78, 5) is 28.8. The van der Waals surface area contributed by atoms with Gasteiger partial charge >= 0.3 is 0 Å². The molecule has 3 aromatic rings. The molecule has 1 N–H and O–H groups in total. The molecule has 0 aromatic heterocycles. The van der Waals surface area contributed by atoms with Crippen molar-refractivity contribution in [2.24, 2.45) is 0 Å². The molecule has 3 aromatic carbocycles. The van der Waals surface area contributed by atoms with E-state index >= 15 is 0 Å². The fourth-order valence-corrected chi connectivity index (χ4v) is 4.41. The summed E-state index contributed by atoms with van der Waals surface area (Å²) in [6.45, 7) is 6.95. The van der Waals surface area contributed by atoms with Crippen molar-refractivity contribution < 1.29 is 9.59 Å². The number of hydrogen-bond acceptors (Lipinski definition) is 2. The highest BCUT2D eigenvalue weighted by Gasteiger charge is 2.30. The summed E-state index contributed by atoms with van der Waals surface area (Å²) in [5.41, 5.74) is 5.08. The molecule has 0 radical (unpaired) electrons. The van der Waals surface area contributed by atoms with Gasteiger partial charge in [-0.3, -0.25) is 9.59 Å². The summed E-state index contributed by atoms with van der Waals surface area (Å²) in [7, 11) is 0. The maximum atomic E-state index is 13.7. The van der Waals surface area contributed by atoms with Crippen molar-refractivity contribution in [2.45, 2.75) is 52.6 Å². The van der Waals surface area contributed by atoms with Gasteiger partial charge in [-0.25, -0.2) is 0 Å². The summed E-state index contributed by atoms with van der Waals surface area (Å²) in [5.74, 6) is -0.223. The van der Waals surface area contributed by atoms with E-state index < -0.39 is 6.04 Å². The van der Waals surface area contributed by atoms with Crippen molar-refractivity contribution in [1.82, 2.24) is 10.2 Å². The molecule has 0 fully saturated rings.